The Morgan fingerprint density at radius 1 is 0.867 bits per heavy atom. The summed E-state index contributed by atoms with van der Waals surface area (Å²) in [6, 6.07) is 0. The van der Waals surface area contributed by atoms with E-state index in [-0.39, 0.29) is 30.5 Å². The van der Waals surface area contributed by atoms with E-state index in [0.29, 0.717) is 22.1 Å². The molecular formula is C18H22I3N3O6. The van der Waals surface area contributed by atoms with Crippen molar-refractivity contribution in [2.75, 3.05) is 23.8 Å². The molecule has 1 aromatic carbocycles. The van der Waals surface area contributed by atoms with E-state index in [2.05, 4.69) is 16.0 Å². The van der Waals surface area contributed by atoms with Crippen molar-refractivity contribution in [3.05, 3.63) is 16.3 Å². The van der Waals surface area contributed by atoms with Gasteiger partial charge in [-0.05, 0) is 88.5 Å². The van der Waals surface area contributed by atoms with Gasteiger partial charge in [0.05, 0.1) is 34.2 Å². The fourth-order valence-corrected chi connectivity index (χ4v) is 6.24. The Kier molecular flexibility index (Phi) is 10.5. The minimum Gasteiger partial charge on any atom is -0.460 e. The maximum atomic E-state index is 12.7. The van der Waals surface area contributed by atoms with Gasteiger partial charge in [0.2, 0.25) is 11.8 Å². The molecule has 0 bridgehead atoms. The van der Waals surface area contributed by atoms with Crippen molar-refractivity contribution < 1.29 is 28.7 Å². The van der Waals surface area contributed by atoms with Crippen molar-refractivity contribution in [1.29, 1.82) is 0 Å². The second-order valence-corrected chi connectivity index (χ2v) is 10.2. The molecule has 0 saturated heterocycles. The van der Waals surface area contributed by atoms with Gasteiger partial charge in [0, 0.05) is 13.8 Å². The second-order valence-electron chi connectivity index (χ2n) is 6.99. The third kappa shape index (κ3) is 8.32. The van der Waals surface area contributed by atoms with Crippen LogP contribution in [0.5, 0.6) is 0 Å². The predicted molar refractivity (Wildman–Crippen MR) is 138 cm³/mol. The summed E-state index contributed by atoms with van der Waals surface area (Å²) in [4.78, 5) is 47.6. The highest BCUT2D eigenvalue weighted by Gasteiger charge is 2.26. The maximum absolute atomic E-state index is 12.7. The average Bonchev–Trinajstić information content (AvgIpc) is 2.57. The summed E-state index contributed by atoms with van der Waals surface area (Å²) in [5, 5.41) is 7.89. The first-order valence-electron chi connectivity index (χ1n) is 8.64. The Morgan fingerprint density at radius 2 is 1.33 bits per heavy atom. The van der Waals surface area contributed by atoms with Crippen LogP contribution >= 0.6 is 67.8 Å². The largest absolute Gasteiger partial charge is 0.460 e. The van der Waals surface area contributed by atoms with Crippen LogP contribution in [-0.2, 0) is 19.1 Å². The molecular weight excluding hydrogens is 735 g/mol. The number of anilines is 2. The molecule has 3 N–H and O–H groups in total. The molecule has 0 aliphatic rings. The van der Waals surface area contributed by atoms with E-state index in [1.54, 1.807) is 20.8 Å². The number of amides is 3. The van der Waals surface area contributed by atoms with E-state index in [1.807, 2.05) is 67.8 Å². The van der Waals surface area contributed by atoms with Crippen molar-refractivity contribution in [2.24, 2.45) is 0 Å². The van der Waals surface area contributed by atoms with Gasteiger partial charge in [0.25, 0.3) is 0 Å². The summed E-state index contributed by atoms with van der Waals surface area (Å²) < 4.78 is 12.0. The number of nitrogens with one attached hydrogen (secondary N) is 3. The highest BCUT2D eigenvalue weighted by atomic mass is 127. The number of esters is 1. The lowest BCUT2D eigenvalue weighted by Crippen LogP contribution is -2.34. The Balaban J connectivity index is 3.06. The van der Waals surface area contributed by atoms with Crippen molar-refractivity contribution in [3.63, 3.8) is 0 Å². The summed E-state index contributed by atoms with van der Waals surface area (Å²) in [5.41, 5.74) is 0.397. The summed E-state index contributed by atoms with van der Waals surface area (Å²) in [6.07, 6.45) is -0.613. The number of carbonyl (C=O) groups is 4. The number of carbonyl (C=O) groups excluding carboxylic acids is 4. The first kappa shape index (κ1) is 27.1. The SMILES string of the molecule is CC(=O)Nc1c(I)c(NC(C)=O)c(I)c(C(=O)OCCNC(=O)OC(C)(C)C)c1I. The number of ether oxygens (including phenoxy) is 2. The number of hydrogen-bond acceptors (Lipinski definition) is 6. The zero-order valence-corrected chi connectivity index (χ0v) is 23.5. The van der Waals surface area contributed by atoms with Crippen molar-refractivity contribution in [3.8, 4) is 0 Å². The molecule has 9 nitrogen and oxygen atoms in total. The zero-order valence-electron chi connectivity index (χ0n) is 17.0. The molecule has 30 heavy (non-hydrogen) atoms. The van der Waals surface area contributed by atoms with E-state index >= 15 is 0 Å². The van der Waals surface area contributed by atoms with Gasteiger partial charge in [-0.1, -0.05) is 0 Å². The van der Waals surface area contributed by atoms with Gasteiger partial charge in [-0.15, -0.1) is 0 Å². The van der Waals surface area contributed by atoms with E-state index in [4.69, 9.17) is 9.47 Å². The summed E-state index contributed by atoms with van der Waals surface area (Å²) in [6.45, 7) is 7.91. The molecule has 0 fully saturated rings. The molecule has 0 heterocycles. The Bertz CT molecular complexity index is 825. The van der Waals surface area contributed by atoms with Crippen LogP contribution in [-0.4, -0.2) is 42.6 Å². The van der Waals surface area contributed by atoms with E-state index in [0.717, 1.165) is 0 Å². The number of hydrogen-bond donors (Lipinski definition) is 3. The summed E-state index contributed by atoms with van der Waals surface area (Å²) >= 11 is 5.90. The van der Waals surface area contributed by atoms with Crippen molar-refractivity contribution in [1.82, 2.24) is 5.32 Å². The molecule has 0 radical (unpaired) electrons. The minimum absolute atomic E-state index is 0.0648. The predicted octanol–water partition coefficient (Wildman–Crippen LogP) is 4.10. The third-order valence-electron chi connectivity index (χ3n) is 3.13. The lowest BCUT2D eigenvalue weighted by Gasteiger charge is -2.20. The average molecular weight is 757 g/mol. The molecule has 0 aliphatic heterocycles. The van der Waals surface area contributed by atoms with Gasteiger partial charge in [-0.2, -0.15) is 0 Å². The zero-order chi connectivity index (χ0) is 23.2. The van der Waals surface area contributed by atoms with Crippen LogP contribution in [0.1, 0.15) is 45.0 Å². The molecule has 0 aromatic heterocycles. The monoisotopic (exact) mass is 757 g/mol. The molecule has 1 aromatic rings. The lowest BCUT2D eigenvalue weighted by atomic mass is 10.1. The summed E-state index contributed by atoms with van der Waals surface area (Å²) in [7, 11) is 0. The van der Waals surface area contributed by atoms with Gasteiger partial charge < -0.3 is 25.4 Å². The van der Waals surface area contributed by atoms with Crippen LogP contribution in [0.15, 0.2) is 0 Å². The van der Waals surface area contributed by atoms with Crippen LogP contribution in [0.2, 0.25) is 0 Å². The normalized spacial score (nSPS) is 10.8. The Labute approximate surface area is 215 Å². The Morgan fingerprint density at radius 3 is 1.73 bits per heavy atom. The van der Waals surface area contributed by atoms with Crippen LogP contribution in [0.4, 0.5) is 16.2 Å². The maximum Gasteiger partial charge on any atom is 0.407 e. The molecule has 1 rings (SSSR count). The van der Waals surface area contributed by atoms with Gasteiger partial charge in [0.1, 0.15) is 12.2 Å². The van der Waals surface area contributed by atoms with Gasteiger partial charge in [-0.3, -0.25) is 9.59 Å². The van der Waals surface area contributed by atoms with Crippen LogP contribution in [0.25, 0.3) is 0 Å². The lowest BCUT2D eigenvalue weighted by molar-refractivity contribution is -0.115. The fraction of sp³-hybridized carbons (Fsp3) is 0.444. The third-order valence-corrected chi connectivity index (χ3v) is 6.36. The standard InChI is InChI=1S/C18H22I3N3O6/c1-8(25)23-14-11(19)10(12(20)15(13(14)21)24-9(2)26)16(27)29-7-6-22-17(28)30-18(3,4)5/h6-7H2,1-5H3,(H,22,28)(H,23,25)(H,24,26). The first-order chi connectivity index (χ1) is 13.7. The number of benzene rings is 1. The van der Waals surface area contributed by atoms with E-state index < -0.39 is 17.7 Å². The smallest absolute Gasteiger partial charge is 0.407 e. The van der Waals surface area contributed by atoms with Gasteiger partial charge >= 0.3 is 12.1 Å². The molecule has 0 atom stereocenters. The fourth-order valence-electron chi connectivity index (χ4n) is 2.10. The topological polar surface area (TPSA) is 123 Å². The number of halogens is 3. The van der Waals surface area contributed by atoms with Crippen LogP contribution in [0.3, 0.4) is 0 Å². The quantitative estimate of drug-likeness (QED) is 0.229. The minimum atomic E-state index is -0.649. The summed E-state index contributed by atoms with van der Waals surface area (Å²) in [5.74, 6) is -1.28. The van der Waals surface area contributed by atoms with E-state index in [9.17, 15) is 19.2 Å². The van der Waals surface area contributed by atoms with Crippen molar-refractivity contribution >= 4 is 103 Å². The molecule has 166 valence electrons. The number of rotatable bonds is 6. The molecule has 0 unspecified atom stereocenters. The van der Waals surface area contributed by atoms with Gasteiger partial charge in [0.15, 0.2) is 0 Å². The first-order valence-corrected chi connectivity index (χ1v) is 11.9. The molecule has 0 spiro atoms. The number of alkyl carbamates (subject to hydrolysis) is 1. The molecule has 0 aliphatic carbocycles. The van der Waals surface area contributed by atoms with Gasteiger partial charge in [-0.25, -0.2) is 9.59 Å². The molecule has 12 heteroatoms. The van der Waals surface area contributed by atoms with Crippen LogP contribution < -0.4 is 16.0 Å². The van der Waals surface area contributed by atoms with Crippen molar-refractivity contribution in [2.45, 2.75) is 40.2 Å². The second kappa shape index (κ2) is 11.6. The highest BCUT2D eigenvalue weighted by molar-refractivity contribution is 14.1. The Hall–Kier alpha value is -0.910. The highest BCUT2D eigenvalue weighted by Crippen LogP contribution is 2.39. The van der Waals surface area contributed by atoms with Crippen LogP contribution in [0, 0.1) is 10.7 Å². The molecule has 3 amide bonds. The molecule has 0 saturated carbocycles. The van der Waals surface area contributed by atoms with E-state index in [1.165, 1.54) is 13.8 Å².